The molecule has 0 aliphatic carbocycles. The lowest BCUT2D eigenvalue weighted by Crippen LogP contribution is -2.11. The van der Waals surface area contributed by atoms with Gasteiger partial charge < -0.3 is 0 Å². The summed E-state index contributed by atoms with van der Waals surface area (Å²) in [6.07, 6.45) is 0. The third-order valence-electron chi connectivity index (χ3n) is 4.73. The Morgan fingerprint density at radius 3 is 2.00 bits per heavy atom. The molecule has 2 nitrogen and oxygen atoms in total. The number of carbonyl (C=O) groups is 2. The third-order valence-corrected chi connectivity index (χ3v) is 5.81. The first kappa shape index (κ1) is 17.4. The van der Waals surface area contributed by atoms with Crippen molar-refractivity contribution in [3.05, 3.63) is 105 Å². The van der Waals surface area contributed by atoms with E-state index in [4.69, 9.17) is 0 Å². The van der Waals surface area contributed by atoms with Crippen molar-refractivity contribution in [1.82, 2.24) is 0 Å². The van der Waals surface area contributed by atoms with E-state index in [0.29, 0.717) is 22.3 Å². The maximum absolute atomic E-state index is 13.4. The lowest BCUT2D eigenvalue weighted by Gasteiger charge is -2.09. The molecule has 3 aromatic carbocycles. The molecule has 4 rings (SSSR count). The number of hydrogen-bond donors (Lipinski definition) is 0. The molecule has 132 valence electrons. The van der Waals surface area contributed by atoms with Gasteiger partial charge in [-0.3, -0.25) is 9.59 Å². The summed E-state index contributed by atoms with van der Waals surface area (Å²) in [5, 5.41) is 0.947. The van der Waals surface area contributed by atoms with Crippen molar-refractivity contribution in [2.45, 2.75) is 13.8 Å². The van der Waals surface area contributed by atoms with Crippen molar-refractivity contribution in [1.29, 1.82) is 0 Å². The second-order valence-electron chi connectivity index (χ2n) is 6.60. The lowest BCUT2D eigenvalue weighted by molar-refractivity contribution is 0.100. The molecule has 0 atom stereocenters. The van der Waals surface area contributed by atoms with Crippen LogP contribution in [0.1, 0.15) is 42.3 Å². The first-order valence-corrected chi connectivity index (χ1v) is 9.61. The topological polar surface area (TPSA) is 34.1 Å². The van der Waals surface area contributed by atoms with Gasteiger partial charge in [0.2, 0.25) is 0 Å². The highest BCUT2D eigenvalue weighted by atomic mass is 32.1. The molecular weight excluding hydrogens is 352 g/mol. The normalized spacial score (nSPS) is 10.9. The molecule has 0 spiro atoms. The Bertz CT molecular complexity index is 1170. The van der Waals surface area contributed by atoms with Gasteiger partial charge in [-0.15, -0.1) is 11.3 Å². The summed E-state index contributed by atoms with van der Waals surface area (Å²) in [4.78, 5) is 27.4. The Kier molecular flexibility index (Phi) is 4.46. The fraction of sp³-hybridized carbons (Fsp3) is 0.0833. The van der Waals surface area contributed by atoms with E-state index < -0.39 is 0 Å². The van der Waals surface area contributed by atoms with E-state index in [0.717, 1.165) is 20.5 Å². The molecule has 3 heteroatoms. The molecule has 27 heavy (non-hydrogen) atoms. The summed E-state index contributed by atoms with van der Waals surface area (Å²) in [6, 6.07) is 22.4. The molecule has 0 fully saturated rings. The lowest BCUT2D eigenvalue weighted by atomic mass is 9.92. The first-order valence-electron chi connectivity index (χ1n) is 8.79. The Morgan fingerprint density at radius 1 is 0.704 bits per heavy atom. The van der Waals surface area contributed by atoms with Crippen LogP contribution in [0.2, 0.25) is 0 Å². The van der Waals surface area contributed by atoms with Crippen LogP contribution in [0.5, 0.6) is 0 Å². The van der Waals surface area contributed by atoms with Crippen molar-refractivity contribution < 1.29 is 9.59 Å². The van der Waals surface area contributed by atoms with Crippen molar-refractivity contribution in [2.75, 3.05) is 0 Å². The molecule has 0 unspecified atom stereocenters. The third kappa shape index (κ3) is 3.11. The average molecular weight is 370 g/mol. The molecule has 0 amide bonds. The van der Waals surface area contributed by atoms with Gasteiger partial charge in [0.1, 0.15) is 0 Å². The van der Waals surface area contributed by atoms with Crippen molar-refractivity contribution >= 4 is 33.0 Å². The SMILES string of the molecule is Cc1ccc(C(=O)c2ccccc2C(=O)c2c(C)sc3ccccc23)cc1. The van der Waals surface area contributed by atoms with E-state index in [-0.39, 0.29) is 11.6 Å². The number of ketones is 2. The fourth-order valence-electron chi connectivity index (χ4n) is 3.32. The monoisotopic (exact) mass is 370 g/mol. The van der Waals surface area contributed by atoms with Crippen LogP contribution >= 0.6 is 11.3 Å². The molecule has 1 heterocycles. The van der Waals surface area contributed by atoms with Gasteiger partial charge in [0.25, 0.3) is 0 Å². The Balaban J connectivity index is 1.83. The number of carbonyl (C=O) groups excluding carboxylic acids is 2. The van der Waals surface area contributed by atoms with Crippen LogP contribution in [0.4, 0.5) is 0 Å². The maximum atomic E-state index is 13.4. The van der Waals surface area contributed by atoms with Crippen molar-refractivity contribution in [3.8, 4) is 0 Å². The van der Waals surface area contributed by atoms with Crippen LogP contribution in [0.15, 0.2) is 72.8 Å². The zero-order chi connectivity index (χ0) is 19.0. The van der Waals surface area contributed by atoms with E-state index in [1.807, 2.05) is 68.4 Å². The average Bonchev–Trinajstić information content (AvgIpc) is 3.03. The summed E-state index contributed by atoms with van der Waals surface area (Å²) < 4.78 is 1.08. The maximum Gasteiger partial charge on any atom is 0.195 e. The molecule has 0 bridgehead atoms. The number of benzene rings is 3. The fourth-order valence-corrected chi connectivity index (χ4v) is 4.39. The van der Waals surface area contributed by atoms with Gasteiger partial charge in [-0.05, 0) is 19.9 Å². The molecule has 0 aliphatic rings. The van der Waals surface area contributed by atoms with E-state index >= 15 is 0 Å². The molecule has 0 radical (unpaired) electrons. The molecule has 0 N–H and O–H groups in total. The number of hydrogen-bond acceptors (Lipinski definition) is 3. The highest BCUT2D eigenvalue weighted by molar-refractivity contribution is 7.19. The molecule has 0 aliphatic heterocycles. The Morgan fingerprint density at radius 2 is 1.30 bits per heavy atom. The van der Waals surface area contributed by atoms with Gasteiger partial charge in [0, 0.05) is 37.2 Å². The van der Waals surface area contributed by atoms with Crippen LogP contribution in [0, 0.1) is 13.8 Å². The molecule has 4 aromatic rings. The zero-order valence-corrected chi connectivity index (χ0v) is 16.0. The van der Waals surface area contributed by atoms with Crippen LogP contribution in [-0.2, 0) is 0 Å². The van der Waals surface area contributed by atoms with Crippen LogP contribution in [-0.4, -0.2) is 11.6 Å². The molecule has 0 saturated carbocycles. The number of fused-ring (bicyclic) bond motifs is 1. The molecule has 1 aromatic heterocycles. The smallest absolute Gasteiger partial charge is 0.195 e. The zero-order valence-electron chi connectivity index (χ0n) is 15.2. The number of thiophene rings is 1. The highest BCUT2D eigenvalue weighted by Gasteiger charge is 2.23. The first-order chi connectivity index (χ1) is 13.1. The molecular formula is C24H18O2S. The standard InChI is InChI=1S/C24H18O2S/c1-15-11-13-17(14-12-15)23(25)18-7-3-4-8-19(18)24(26)22-16(2)27-21-10-6-5-9-20(21)22/h3-14H,1-2H3. The summed E-state index contributed by atoms with van der Waals surface area (Å²) in [6.45, 7) is 3.94. The van der Waals surface area contributed by atoms with Gasteiger partial charge in [-0.2, -0.15) is 0 Å². The van der Waals surface area contributed by atoms with E-state index in [1.165, 1.54) is 0 Å². The Labute approximate surface area is 162 Å². The van der Waals surface area contributed by atoms with E-state index in [9.17, 15) is 9.59 Å². The summed E-state index contributed by atoms with van der Waals surface area (Å²) >= 11 is 1.61. The van der Waals surface area contributed by atoms with Crippen molar-refractivity contribution in [3.63, 3.8) is 0 Å². The van der Waals surface area contributed by atoms with Crippen molar-refractivity contribution in [2.24, 2.45) is 0 Å². The second kappa shape index (κ2) is 6.93. The van der Waals surface area contributed by atoms with Crippen LogP contribution in [0.3, 0.4) is 0 Å². The summed E-state index contributed by atoms with van der Waals surface area (Å²) in [7, 11) is 0. The predicted molar refractivity (Wildman–Crippen MR) is 111 cm³/mol. The van der Waals surface area contributed by atoms with Gasteiger partial charge >= 0.3 is 0 Å². The quantitative estimate of drug-likeness (QED) is 0.414. The van der Waals surface area contributed by atoms with Gasteiger partial charge in [-0.1, -0.05) is 72.3 Å². The van der Waals surface area contributed by atoms with E-state index in [1.54, 1.807) is 29.5 Å². The molecule has 0 saturated heterocycles. The van der Waals surface area contributed by atoms with Crippen LogP contribution in [0.25, 0.3) is 10.1 Å². The van der Waals surface area contributed by atoms with Crippen LogP contribution < -0.4 is 0 Å². The number of rotatable bonds is 4. The Hall–Kier alpha value is -3.04. The minimum absolute atomic E-state index is 0.0963. The summed E-state index contributed by atoms with van der Waals surface area (Å²) in [5.41, 5.74) is 3.28. The number of aryl methyl sites for hydroxylation is 2. The minimum Gasteiger partial charge on any atom is -0.289 e. The van der Waals surface area contributed by atoms with E-state index in [2.05, 4.69) is 0 Å². The van der Waals surface area contributed by atoms with Gasteiger partial charge in [0.15, 0.2) is 11.6 Å². The predicted octanol–water partition coefficient (Wildman–Crippen LogP) is 5.98. The largest absolute Gasteiger partial charge is 0.289 e. The highest BCUT2D eigenvalue weighted by Crippen LogP contribution is 2.33. The van der Waals surface area contributed by atoms with Gasteiger partial charge in [-0.25, -0.2) is 0 Å². The minimum atomic E-state index is -0.129. The van der Waals surface area contributed by atoms with Gasteiger partial charge in [0.05, 0.1) is 0 Å². The summed E-state index contributed by atoms with van der Waals surface area (Å²) in [5.74, 6) is -0.225. The second-order valence-corrected chi connectivity index (χ2v) is 7.86.